The van der Waals surface area contributed by atoms with Crippen LogP contribution < -0.4 is 5.32 Å². The van der Waals surface area contributed by atoms with E-state index in [0.717, 1.165) is 19.4 Å². The average Bonchev–Trinajstić information content (AvgIpc) is 2.56. The van der Waals surface area contributed by atoms with Gasteiger partial charge in [-0.15, -0.1) is 0 Å². The topological polar surface area (TPSA) is 32.3 Å². The maximum atomic E-state index is 12.4. The Labute approximate surface area is 138 Å². The minimum Gasteiger partial charge on any atom is -0.338 e. The molecular formula is C20H24N2O. The van der Waals surface area contributed by atoms with Crippen LogP contribution in [0.5, 0.6) is 0 Å². The van der Waals surface area contributed by atoms with Crippen LogP contribution in [0, 0.1) is 13.8 Å². The first kappa shape index (κ1) is 15.6. The molecule has 0 aliphatic carbocycles. The summed E-state index contributed by atoms with van der Waals surface area (Å²) in [7, 11) is 0. The van der Waals surface area contributed by atoms with Crippen LogP contribution in [-0.4, -0.2) is 24.0 Å². The van der Waals surface area contributed by atoms with Crippen molar-refractivity contribution >= 4 is 6.03 Å². The molecule has 3 heteroatoms. The molecule has 0 spiro atoms. The molecule has 1 heterocycles. The molecule has 1 N–H and O–H groups in total. The maximum absolute atomic E-state index is 12.4. The van der Waals surface area contributed by atoms with Crippen LogP contribution >= 0.6 is 0 Å². The second-order valence-electron chi connectivity index (χ2n) is 6.35. The third-order valence-electron chi connectivity index (χ3n) is 4.59. The summed E-state index contributed by atoms with van der Waals surface area (Å²) in [4.78, 5) is 14.3. The fourth-order valence-electron chi connectivity index (χ4n) is 3.21. The molecule has 0 bridgehead atoms. The fraction of sp³-hybridized carbons (Fsp3) is 0.350. The number of nitrogens with one attached hydrogen (secondary N) is 1. The largest absolute Gasteiger partial charge is 0.338 e. The molecule has 1 aliphatic heterocycles. The number of aryl methyl sites for hydroxylation is 2. The van der Waals surface area contributed by atoms with E-state index in [9.17, 15) is 4.79 Å². The number of carbonyl (C=O) groups is 1. The van der Waals surface area contributed by atoms with Gasteiger partial charge in [-0.25, -0.2) is 4.79 Å². The summed E-state index contributed by atoms with van der Waals surface area (Å²) < 4.78 is 0. The summed E-state index contributed by atoms with van der Waals surface area (Å²) in [6.07, 6.45) is 1.82. The predicted molar refractivity (Wildman–Crippen MR) is 93.6 cm³/mol. The normalized spacial score (nSPS) is 13.6. The van der Waals surface area contributed by atoms with E-state index in [1.807, 2.05) is 11.0 Å². The van der Waals surface area contributed by atoms with Crippen molar-refractivity contribution in [3.8, 4) is 0 Å². The van der Waals surface area contributed by atoms with Crippen LogP contribution in [0.3, 0.4) is 0 Å². The van der Waals surface area contributed by atoms with Crippen LogP contribution in [0.25, 0.3) is 0 Å². The van der Waals surface area contributed by atoms with Crippen LogP contribution in [0.1, 0.15) is 27.8 Å². The van der Waals surface area contributed by atoms with E-state index in [1.165, 1.54) is 27.8 Å². The van der Waals surface area contributed by atoms with Crippen molar-refractivity contribution in [3.63, 3.8) is 0 Å². The van der Waals surface area contributed by atoms with E-state index in [-0.39, 0.29) is 6.03 Å². The van der Waals surface area contributed by atoms with Gasteiger partial charge in [0, 0.05) is 19.6 Å². The Morgan fingerprint density at radius 1 is 1.13 bits per heavy atom. The van der Waals surface area contributed by atoms with Crippen molar-refractivity contribution in [2.45, 2.75) is 33.2 Å². The van der Waals surface area contributed by atoms with Crippen molar-refractivity contribution in [2.75, 3.05) is 13.1 Å². The summed E-state index contributed by atoms with van der Waals surface area (Å²) in [5.41, 5.74) is 6.52. The Balaban J connectivity index is 1.52. The number of amides is 2. The molecule has 2 amide bonds. The summed E-state index contributed by atoms with van der Waals surface area (Å²) in [6.45, 7) is 6.43. The second kappa shape index (κ2) is 6.86. The average molecular weight is 308 g/mol. The van der Waals surface area contributed by atoms with Crippen LogP contribution in [0.4, 0.5) is 4.79 Å². The molecule has 120 valence electrons. The lowest BCUT2D eigenvalue weighted by molar-refractivity contribution is 0.192. The van der Waals surface area contributed by atoms with Crippen molar-refractivity contribution in [1.29, 1.82) is 0 Å². The van der Waals surface area contributed by atoms with Gasteiger partial charge in [-0.3, -0.25) is 0 Å². The van der Waals surface area contributed by atoms with E-state index >= 15 is 0 Å². The second-order valence-corrected chi connectivity index (χ2v) is 6.35. The van der Waals surface area contributed by atoms with Crippen LogP contribution in [-0.2, 0) is 19.4 Å². The fourth-order valence-corrected chi connectivity index (χ4v) is 3.21. The van der Waals surface area contributed by atoms with Gasteiger partial charge in [0.15, 0.2) is 0 Å². The summed E-state index contributed by atoms with van der Waals surface area (Å²) >= 11 is 0. The Kier molecular flexibility index (Phi) is 4.65. The molecule has 0 atom stereocenters. The number of nitrogens with zero attached hydrogens (tertiary/aromatic N) is 1. The molecule has 2 aromatic rings. The van der Waals surface area contributed by atoms with Gasteiger partial charge in [0.25, 0.3) is 0 Å². The smallest absolute Gasteiger partial charge is 0.317 e. The summed E-state index contributed by atoms with van der Waals surface area (Å²) in [5.74, 6) is 0. The highest BCUT2D eigenvalue weighted by Gasteiger charge is 2.19. The Morgan fingerprint density at radius 2 is 1.91 bits per heavy atom. The molecular weight excluding hydrogens is 284 g/mol. The third kappa shape index (κ3) is 3.73. The van der Waals surface area contributed by atoms with E-state index in [1.54, 1.807) is 0 Å². The van der Waals surface area contributed by atoms with Crippen molar-refractivity contribution in [2.24, 2.45) is 0 Å². The van der Waals surface area contributed by atoms with Gasteiger partial charge in [0.05, 0.1) is 0 Å². The molecule has 23 heavy (non-hydrogen) atoms. The molecule has 0 aromatic heterocycles. The highest BCUT2D eigenvalue weighted by atomic mass is 16.2. The highest BCUT2D eigenvalue weighted by molar-refractivity contribution is 5.74. The van der Waals surface area contributed by atoms with Gasteiger partial charge in [0.1, 0.15) is 0 Å². The number of fused-ring (bicyclic) bond motifs is 1. The number of hydrogen-bond acceptors (Lipinski definition) is 1. The number of rotatable bonds is 3. The summed E-state index contributed by atoms with van der Waals surface area (Å²) in [6, 6.07) is 14.9. The molecule has 0 fully saturated rings. The molecule has 2 aromatic carbocycles. The lowest BCUT2D eigenvalue weighted by Crippen LogP contribution is -2.43. The molecule has 1 aliphatic rings. The number of carbonyl (C=O) groups excluding carboxylic acids is 1. The zero-order valence-electron chi connectivity index (χ0n) is 13.9. The SMILES string of the molecule is Cc1ccc(CCNC(=O)N2CCc3ccccc3C2)c(C)c1. The number of benzene rings is 2. The van der Waals surface area contributed by atoms with Gasteiger partial charge in [-0.1, -0.05) is 48.0 Å². The molecule has 0 unspecified atom stereocenters. The molecule has 3 nitrogen and oxygen atoms in total. The van der Waals surface area contributed by atoms with Gasteiger partial charge in [-0.2, -0.15) is 0 Å². The minimum atomic E-state index is 0.0456. The van der Waals surface area contributed by atoms with Gasteiger partial charge >= 0.3 is 6.03 Å². The van der Waals surface area contributed by atoms with E-state index in [2.05, 4.69) is 55.6 Å². The predicted octanol–water partition coefficient (Wildman–Crippen LogP) is 3.61. The lowest BCUT2D eigenvalue weighted by atomic mass is 10.0. The number of hydrogen-bond donors (Lipinski definition) is 1. The zero-order valence-corrected chi connectivity index (χ0v) is 13.9. The van der Waals surface area contributed by atoms with Crippen LogP contribution in [0.15, 0.2) is 42.5 Å². The van der Waals surface area contributed by atoms with Gasteiger partial charge < -0.3 is 10.2 Å². The van der Waals surface area contributed by atoms with E-state index in [0.29, 0.717) is 13.1 Å². The molecule has 0 saturated carbocycles. The third-order valence-corrected chi connectivity index (χ3v) is 4.59. The molecule has 0 saturated heterocycles. The first-order chi connectivity index (χ1) is 11.1. The Hall–Kier alpha value is -2.29. The highest BCUT2D eigenvalue weighted by Crippen LogP contribution is 2.18. The van der Waals surface area contributed by atoms with Crippen molar-refractivity contribution in [3.05, 3.63) is 70.3 Å². The van der Waals surface area contributed by atoms with E-state index in [4.69, 9.17) is 0 Å². The molecule has 0 radical (unpaired) electrons. The minimum absolute atomic E-state index is 0.0456. The van der Waals surface area contributed by atoms with E-state index < -0.39 is 0 Å². The van der Waals surface area contributed by atoms with Gasteiger partial charge in [-0.05, 0) is 48.9 Å². The molecule has 3 rings (SSSR count). The Bertz CT molecular complexity index is 709. The van der Waals surface area contributed by atoms with Crippen molar-refractivity contribution in [1.82, 2.24) is 10.2 Å². The summed E-state index contributed by atoms with van der Waals surface area (Å²) in [5, 5.41) is 3.06. The van der Waals surface area contributed by atoms with Gasteiger partial charge in [0.2, 0.25) is 0 Å². The lowest BCUT2D eigenvalue weighted by Gasteiger charge is -2.29. The first-order valence-electron chi connectivity index (χ1n) is 8.29. The quantitative estimate of drug-likeness (QED) is 0.923. The van der Waals surface area contributed by atoms with Crippen molar-refractivity contribution < 1.29 is 4.79 Å². The monoisotopic (exact) mass is 308 g/mol. The zero-order chi connectivity index (χ0) is 16.2. The Morgan fingerprint density at radius 3 is 2.70 bits per heavy atom. The number of urea groups is 1. The standard InChI is InChI=1S/C20H24N2O/c1-15-7-8-17(16(2)13-15)9-11-21-20(23)22-12-10-18-5-3-4-6-19(18)14-22/h3-8,13H,9-12,14H2,1-2H3,(H,21,23). The maximum Gasteiger partial charge on any atom is 0.317 e. The van der Waals surface area contributed by atoms with Crippen LogP contribution in [0.2, 0.25) is 0 Å². The first-order valence-corrected chi connectivity index (χ1v) is 8.29.